The summed E-state index contributed by atoms with van der Waals surface area (Å²) in [5.41, 5.74) is 0.672. The second-order valence-corrected chi connectivity index (χ2v) is 4.79. The number of ether oxygens (including phenoxy) is 1. The molecule has 0 bridgehead atoms. The van der Waals surface area contributed by atoms with Crippen LogP contribution in [0.15, 0.2) is 18.2 Å². The standard InChI is InChI=1S/C13H17ClN2O2/c1-18-12-8-10(14)2-3-11(12)16-13(17)9-4-6-15-7-5-9/h2-3,8-9,15H,4-7H2,1H3,(H,16,17). The van der Waals surface area contributed by atoms with Crippen LogP contribution in [0.5, 0.6) is 5.75 Å². The highest BCUT2D eigenvalue weighted by molar-refractivity contribution is 6.30. The molecule has 1 aliphatic rings. The smallest absolute Gasteiger partial charge is 0.227 e. The lowest BCUT2D eigenvalue weighted by atomic mass is 9.97. The molecule has 0 saturated carbocycles. The number of benzene rings is 1. The molecule has 0 radical (unpaired) electrons. The second kappa shape index (κ2) is 6.07. The Morgan fingerprint density at radius 1 is 1.44 bits per heavy atom. The first-order valence-electron chi connectivity index (χ1n) is 6.06. The number of hydrogen-bond donors (Lipinski definition) is 2. The summed E-state index contributed by atoms with van der Waals surface area (Å²) in [7, 11) is 1.56. The van der Waals surface area contributed by atoms with Crippen molar-refractivity contribution in [3.63, 3.8) is 0 Å². The summed E-state index contributed by atoms with van der Waals surface area (Å²) in [6, 6.07) is 5.20. The zero-order valence-corrected chi connectivity index (χ0v) is 11.1. The first-order chi connectivity index (χ1) is 8.70. The van der Waals surface area contributed by atoms with Crippen molar-refractivity contribution in [2.24, 2.45) is 5.92 Å². The fraction of sp³-hybridized carbons (Fsp3) is 0.462. The molecule has 98 valence electrons. The van der Waals surface area contributed by atoms with E-state index < -0.39 is 0 Å². The number of halogens is 1. The highest BCUT2D eigenvalue weighted by atomic mass is 35.5. The highest BCUT2D eigenvalue weighted by Crippen LogP contribution is 2.28. The summed E-state index contributed by atoms with van der Waals surface area (Å²) in [4.78, 5) is 12.1. The number of amides is 1. The maximum Gasteiger partial charge on any atom is 0.227 e. The van der Waals surface area contributed by atoms with Gasteiger partial charge in [0.15, 0.2) is 0 Å². The van der Waals surface area contributed by atoms with E-state index in [2.05, 4.69) is 10.6 Å². The van der Waals surface area contributed by atoms with Gasteiger partial charge in [-0.25, -0.2) is 0 Å². The van der Waals surface area contributed by atoms with E-state index in [0.29, 0.717) is 16.5 Å². The van der Waals surface area contributed by atoms with E-state index >= 15 is 0 Å². The quantitative estimate of drug-likeness (QED) is 0.884. The van der Waals surface area contributed by atoms with Crippen LogP contribution in [0.4, 0.5) is 5.69 Å². The average Bonchev–Trinajstić information content (AvgIpc) is 2.41. The summed E-state index contributed by atoms with van der Waals surface area (Å²) < 4.78 is 5.20. The zero-order chi connectivity index (χ0) is 13.0. The number of rotatable bonds is 3. The molecular formula is C13H17ClN2O2. The lowest BCUT2D eigenvalue weighted by Crippen LogP contribution is -2.34. The van der Waals surface area contributed by atoms with Crippen LogP contribution < -0.4 is 15.4 Å². The zero-order valence-electron chi connectivity index (χ0n) is 10.3. The largest absolute Gasteiger partial charge is 0.495 e. The minimum absolute atomic E-state index is 0.0529. The van der Waals surface area contributed by atoms with Gasteiger partial charge in [0.05, 0.1) is 12.8 Å². The summed E-state index contributed by atoms with van der Waals surface area (Å²) in [5, 5.41) is 6.74. The highest BCUT2D eigenvalue weighted by Gasteiger charge is 2.21. The summed E-state index contributed by atoms with van der Waals surface area (Å²) >= 11 is 5.88. The normalized spacial score (nSPS) is 16.3. The van der Waals surface area contributed by atoms with E-state index in [9.17, 15) is 4.79 Å². The van der Waals surface area contributed by atoms with E-state index in [4.69, 9.17) is 16.3 Å². The number of hydrogen-bond acceptors (Lipinski definition) is 3. The summed E-state index contributed by atoms with van der Waals surface area (Å²) in [5.74, 6) is 0.716. The van der Waals surface area contributed by atoms with Crippen LogP contribution in [-0.4, -0.2) is 26.1 Å². The SMILES string of the molecule is COc1cc(Cl)ccc1NC(=O)C1CCNCC1. The van der Waals surface area contributed by atoms with Gasteiger partial charge in [0, 0.05) is 17.0 Å². The Balaban J connectivity index is 2.06. The Labute approximate surface area is 112 Å². The van der Waals surface area contributed by atoms with Gasteiger partial charge in [-0.1, -0.05) is 11.6 Å². The van der Waals surface area contributed by atoms with Crippen LogP contribution >= 0.6 is 11.6 Å². The molecule has 0 atom stereocenters. The summed E-state index contributed by atoms with van der Waals surface area (Å²) in [6.07, 6.45) is 1.75. The average molecular weight is 269 g/mol. The molecule has 1 aromatic rings. The van der Waals surface area contributed by atoms with Crippen LogP contribution in [0.25, 0.3) is 0 Å². The van der Waals surface area contributed by atoms with E-state index in [1.54, 1.807) is 25.3 Å². The number of methoxy groups -OCH3 is 1. The van der Waals surface area contributed by atoms with E-state index in [0.717, 1.165) is 25.9 Å². The lowest BCUT2D eigenvalue weighted by Gasteiger charge is -2.22. The molecule has 0 spiro atoms. The number of piperidine rings is 1. The van der Waals surface area contributed by atoms with Gasteiger partial charge in [0.2, 0.25) is 5.91 Å². The molecule has 2 rings (SSSR count). The third-order valence-corrected chi connectivity index (χ3v) is 3.37. The lowest BCUT2D eigenvalue weighted by molar-refractivity contribution is -0.120. The van der Waals surface area contributed by atoms with Crippen molar-refractivity contribution < 1.29 is 9.53 Å². The first kappa shape index (κ1) is 13.2. The molecule has 18 heavy (non-hydrogen) atoms. The first-order valence-corrected chi connectivity index (χ1v) is 6.43. The van der Waals surface area contributed by atoms with Crippen molar-refractivity contribution in [3.8, 4) is 5.75 Å². The Hall–Kier alpha value is -1.26. The molecule has 1 heterocycles. The minimum Gasteiger partial charge on any atom is -0.495 e. The van der Waals surface area contributed by atoms with Gasteiger partial charge in [-0.15, -0.1) is 0 Å². The van der Waals surface area contributed by atoms with Crippen LogP contribution in [-0.2, 0) is 4.79 Å². The van der Waals surface area contributed by atoms with Gasteiger partial charge in [-0.05, 0) is 38.1 Å². The maximum atomic E-state index is 12.1. The molecule has 1 fully saturated rings. The van der Waals surface area contributed by atoms with E-state index in [-0.39, 0.29) is 11.8 Å². The number of carbonyl (C=O) groups excluding carboxylic acids is 1. The fourth-order valence-corrected chi connectivity index (χ4v) is 2.25. The van der Waals surface area contributed by atoms with Gasteiger partial charge in [0.1, 0.15) is 5.75 Å². The van der Waals surface area contributed by atoms with Gasteiger partial charge < -0.3 is 15.4 Å². The summed E-state index contributed by atoms with van der Waals surface area (Å²) in [6.45, 7) is 1.80. The second-order valence-electron chi connectivity index (χ2n) is 4.36. The third kappa shape index (κ3) is 3.15. The van der Waals surface area contributed by atoms with Crippen LogP contribution in [0.3, 0.4) is 0 Å². The van der Waals surface area contributed by atoms with Gasteiger partial charge in [-0.3, -0.25) is 4.79 Å². The molecule has 1 aromatic carbocycles. The molecule has 1 aliphatic heterocycles. The molecule has 0 aromatic heterocycles. The topological polar surface area (TPSA) is 50.4 Å². The molecule has 5 heteroatoms. The third-order valence-electron chi connectivity index (χ3n) is 3.13. The Morgan fingerprint density at radius 3 is 2.83 bits per heavy atom. The molecule has 1 saturated heterocycles. The Kier molecular flexibility index (Phi) is 4.44. The minimum atomic E-state index is 0.0529. The molecular weight excluding hydrogens is 252 g/mol. The van der Waals surface area contributed by atoms with Crippen molar-refractivity contribution in [1.29, 1.82) is 0 Å². The molecule has 0 unspecified atom stereocenters. The Bertz CT molecular complexity index is 431. The van der Waals surface area contributed by atoms with Crippen molar-refractivity contribution >= 4 is 23.2 Å². The van der Waals surface area contributed by atoms with Crippen molar-refractivity contribution in [3.05, 3.63) is 23.2 Å². The molecule has 1 amide bonds. The number of nitrogens with one attached hydrogen (secondary N) is 2. The van der Waals surface area contributed by atoms with Crippen molar-refractivity contribution in [2.45, 2.75) is 12.8 Å². The number of carbonyl (C=O) groups is 1. The molecule has 2 N–H and O–H groups in total. The van der Waals surface area contributed by atoms with Gasteiger partial charge in [-0.2, -0.15) is 0 Å². The van der Waals surface area contributed by atoms with E-state index in [1.807, 2.05) is 0 Å². The van der Waals surface area contributed by atoms with Crippen molar-refractivity contribution in [1.82, 2.24) is 5.32 Å². The van der Waals surface area contributed by atoms with Crippen LogP contribution in [0.2, 0.25) is 5.02 Å². The number of anilines is 1. The van der Waals surface area contributed by atoms with Gasteiger partial charge >= 0.3 is 0 Å². The molecule has 4 nitrogen and oxygen atoms in total. The van der Waals surface area contributed by atoms with E-state index in [1.165, 1.54) is 0 Å². The monoisotopic (exact) mass is 268 g/mol. The van der Waals surface area contributed by atoms with Crippen LogP contribution in [0, 0.1) is 5.92 Å². The van der Waals surface area contributed by atoms with Crippen molar-refractivity contribution in [2.75, 3.05) is 25.5 Å². The maximum absolute atomic E-state index is 12.1. The Morgan fingerprint density at radius 2 is 2.17 bits per heavy atom. The molecule has 0 aliphatic carbocycles. The fourth-order valence-electron chi connectivity index (χ4n) is 2.09. The predicted molar refractivity (Wildman–Crippen MR) is 72.2 cm³/mol. The van der Waals surface area contributed by atoms with Gasteiger partial charge in [0.25, 0.3) is 0 Å². The van der Waals surface area contributed by atoms with Crippen LogP contribution in [0.1, 0.15) is 12.8 Å². The predicted octanol–water partition coefficient (Wildman–Crippen LogP) is 2.29.